The lowest BCUT2D eigenvalue weighted by Crippen LogP contribution is -2.00. The van der Waals surface area contributed by atoms with Gasteiger partial charge in [-0.1, -0.05) is 6.07 Å². The average Bonchev–Trinajstić information content (AvgIpc) is 2.56. The molecule has 0 aliphatic carbocycles. The van der Waals surface area contributed by atoms with Crippen LogP contribution in [-0.2, 0) is 4.74 Å². The molecule has 0 atom stereocenters. The molecule has 2 rings (SSSR count). The van der Waals surface area contributed by atoms with Crippen molar-refractivity contribution < 1.29 is 23.8 Å². The van der Waals surface area contributed by atoms with E-state index in [9.17, 15) is 14.3 Å². The molecular weight excluding hydrogens is 369 g/mol. The number of aromatic hydroxyl groups is 1. The fourth-order valence-electron chi connectivity index (χ4n) is 1.82. The molecular formula is C16H13BrFNO4. The summed E-state index contributed by atoms with van der Waals surface area (Å²) in [5.74, 6) is -1.25. The largest absolute Gasteiger partial charge is 0.507 e. The maximum absolute atomic E-state index is 14.4. The van der Waals surface area contributed by atoms with Crippen molar-refractivity contribution in [2.24, 2.45) is 0 Å². The van der Waals surface area contributed by atoms with Crippen LogP contribution in [0.5, 0.6) is 11.6 Å². The second-order valence-electron chi connectivity index (χ2n) is 4.44. The summed E-state index contributed by atoms with van der Waals surface area (Å²) in [5, 5.41) is 9.93. The number of rotatable bonds is 4. The number of benzene rings is 1. The molecule has 5 nitrogen and oxygen atoms in total. The van der Waals surface area contributed by atoms with E-state index < -0.39 is 11.8 Å². The summed E-state index contributed by atoms with van der Waals surface area (Å²) < 4.78 is 24.4. The minimum absolute atomic E-state index is 0.0424. The number of pyridine rings is 1. The minimum Gasteiger partial charge on any atom is -0.507 e. The van der Waals surface area contributed by atoms with E-state index in [4.69, 9.17) is 4.74 Å². The highest BCUT2D eigenvalue weighted by atomic mass is 79.9. The Labute approximate surface area is 140 Å². The normalized spacial score (nSPS) is 11.2. The zero-order valence-corrected chi connectivity index (χ0v) is 13.9. The molecule has 1 aromatic carbocycles. The fourth-order valence-corrected chi connectivity index (χ4v) is 2.23. The highest BCUT2D eigenvalue weighted by Gasteiger charge is 2.12. The molecule has 1 heterocycles. The number of halogens is 2. The Bertz CT molecular complexity index is 777. The lowest BCUT2D eigenvalue weighted by molar-refractivity contribution is 0.0600. The SMILES string of the molecule is COC(=O)c1ccc(/C=C(\F)c2nc(OC)ccc2Br)c(O)c1. The number of esters is 1. The Morgan fingerprint density at radius 3 is 2.65 bits per heavy atom. The summed E-state index contributed by atoms with van der Waals surface area (Å²) in [7, 11) is 2.66. The quantitative estimate of drug-likeness (QED) is 0.815. The van der Waals surface area contributed by atoms with Crippen LogP contribution in [0.2, 0.25) is 0 Å². The first-order chi connectivity index (χ1) is 11.0. The van der Waals surface area contributed by atoms with Crippen molar-refractivity contribution in [3.05, 3.63) is 51.6 Å². The number of ether oxygens (including phenoxy) is 2. The maximum atomic E-state index is 14.4. The van der Waals surface area contributed by atoms with Crippen LogP contribution in [0.15, 0.2) is 34.8 Å². The predicted octanol–water partition coefficient (Wildman–Crippen LogP) is 3.81. The van der Waals surface area contributed by atoms with E-state index in [-0.39, 0.29) is 28.5 Å². The highest BCUT2D eigenvalue weighted by Crippen LogP contribution is 2.30. The molecule has 7 heteroatoms. The standard InChI is InChI=1S/C16H13BrFNO4/c1-22-14-6-5-11(17)15(19-14)12(18)7-9-3-4-10(8-13(9)20)16(21)23-2/h3-8,20H,1-2H3/b12-7-. The number of hydrogen-bond acceptors (Lipinski definition) is 5. The van der Waals surface area contributed by atoms with Gasteiger partial charge in [0.2, 0.25) is 5.88 Å². The third-order valence-corrected chi connectivity index (χ3v) is 3.63. The Morgan fingerprint density at radius 2 is 2.04 bits per heavy atom. The van der Waals surface area contributed by atoms with Crippen LogP contribution in [0.4, 0.5) is 4.39 Å². The van der Waals surface area contributed by atoms with Crippen LogP contribution in [-0.4, -0.2) is 30.3 Å². The van der Waals surface area contributed by atoms with E-state index in [2.05, 4.69) is 25.7 Å². The Kier molecular flexibility index (Phi) is 5.33. The van der Waals surface area contributed by atoms with E-state index in [1.165, 1.54) is 32.4 Å². The zero-order valence-electron chi connectivity index (χ0n) is 12.3. The van der Waals surface area contributed by atoms with Gasteiger partial charge in [-0.3, -0.25) is 0 Å². The van der Waals surface area contributed by atoms with E-state index in [0.717, 1.165) is 6.08 Å². The molecule has 120 valence electrons. The summed E-state index contributed by atoms with van der Waals surface area (Å²) in [6, 6.07) is 7.24. The Morgan fingerprint density at radius 1 is 1.30 bits per heavy atom. The van der Waals surface area contributed by atoms with E-state index >= 15 is 0 Å². The molecule has 0 amide bonds. The van der Waals surface area contributed by atoms with Gasteiger partial charge < -0.3 is 14.6 Å². The second kappa shape index (κ2) is 7.23. The summed E-state index contributed by atoms with van der Waals surface area (Å²) >= 11 is 3.21. The number of phenols is 1. The van der Waals surface area contributed by atoms with Gasteiger partial charge in [0.25, 0.3) is 0 Å². The molecule has 0 unspecified atom stereocenters. The number of aromatic nitrogens is 1. The summed E-state index contributed by atoms with van der Waals surface area (Å²) in [4.78, 5) is 15.4. The average molecular weight is 382 g/mol. The molecule has 0 fully saturated rings. The number of methoxy groups -OCH3 is 2. The van der Waals surface area contributed by atoms with Crippen molar-refractivity contribution in [3.8, 4) is 11.6 Å². The monoisotopic (exact) mass is 381 g/mol. The van der Waals surface area contributed by atoms with Crippen LogP contribution in [0.3, 0.4) is 0 Å². The Balaban J connectivity index is 2.40. The van der Waals surface area contributed by atoms with Crippen molar-refractivity contribution in [3.63, 3.8) is 0 Å². The van der Waals surface area contributed by atoms with Gasteiger partial charge in [-0.05, 0) is 40.2 Å². The van der Waals surface area contributed by atoms with Crippen molar-refractivity contribution in [1.82, 2.24) is 4.98 Å². The molecule has 0 saturated carbocycles. The van der Waals surface area contributed by atoms with Crippen LogP contribution >= 0.6 is 15.9 Å². The molecule has 0 aliphatic rings. The number of hydrogen-bond donors (Lipinski definition) is 1. The summed E-state index contributed by atoms with van der Waals surface area (Å²) in [5.41, 5.74) is 0.413. The van der Waals surface area contributed by atoms with Crippen molar-refractivity contribution >= 4 is 33.8 Å². The minimum atomic E-state index is -0.670. The van der Waals surface area contributed by atoms with Gasteiger partial charge in [-0.2, -0.15) is 0 Å². The molecule has 0 bridgehead atoms. The zero-order chi connectivity index (χ0) is 17.0. The van der Waals surface area contributed by atoms with Gasteiger partial charge in [0, 0.05) is 16.1 Å². The number of carbonyl (C=O) groups excluding carboxylic acids is 1. The lowest BCUT2D eigenvalue weighted by atomic mass is 10.1. The van der Waals surface area contributed by atoms with Gasteiger partial charge in [0.1, 0.15) is 11.4 Å². The fraction of sp³-hybridized carbons (Fsp3) is 0.125. The first-order valence-corrected chi connectivity index (χ1v) is 7.25. The van der Waals surface area contributed by atoms with Crippen molar-refractivity contribution in [2.45, 2.75) is 0 Å². The molecule has 1 N–H and O–H groups in total. The molecule has 0 radical (unpaired) electrons. The van der Waals surface area contributed by atoms with Gasteiger partial charge in [0.15, 0.2) is 5.83 Å². The van der Waals surface area contributed by atoms with Crippen molar-refractivity contribution in [1.29, 1.82) is 0 Å². The van der Waals surface area contributed by atoms with E-state index in [1.807, 2.05) is 0 Å². The maximum Gasteiger partial charge on any atom is 0.337 e. The number of carbonyl (C=O) groups is 1. The Hall–Kier alpha value is -2.41. The van der Waals surface area contributed by atoms with Crippen LogP contribution < -0.4 is 4.74 Å². The topological polar surface area (TPSA) is 68.7 Å². The summed E-state index contributed by atoms with van der Waals surface area (Å²) in [6.45, 7) is 0. The van der Waals surface area contributed by atoms with Gasteiger partial charge in [-0.25, -0.2) is 14.2 Å². The number of phenolic OH excluding ortho intramolecular Hbond substituents is 1. The van der Waals surface area contributed by atoms with Crippen LogP contribution in [0.1, 0.15) is 21.6 Å². The molecule has 0 spiro atoms. The highest BCUT2D eigenvalue weighted by molar-refractivity contribution is 9.10. The van der Waals surface area contributed by atoms with E-state index in [1.54, 1.807) is 12.1 Å². The van der Waals surface area contributed by atoms with Gasteiger partial charge in [0.05, 0.1) is 19.8 Å². The molecule has 0 aliphatic heterocycles. The molecule has 1 aromatic heterocycles. The van der Waals surface area contributed by atoms with Crippen LogP contribution in [0.25, 0.3) is 11.9 Å². The smallest absolute Gasteiger partial charge is 0.337 e. The lowest BCUT2D eigenvalue weighted by Gasteiger charge is -2.06. The second-order valence-corrected chi connectivity index (χ2v) is 5.30. The third kappa shape index (κ3) is 3.87. The molecule has 0 saturated heterocycles. The molecule has 23 heavy (non-hydrogen) atoms. The van der Waals surface area contributed by atoms with Gasteiger partial charge in [-0.15, -0.1) is 0 Å². The third-order valence-electron chi connectivity index (χ3n) is 2.99. The number of nitrogens with zero attached hydrogens (tertiary/aromatic N) is 1. The molecule has 2 aromatic rings. The predicted molar refractivity (Wildman–Crippen MR) is 86.9 cm³/mol. The first-order valence-electron chi connectivity index (χ1n) is 6.45. The van der Waals surface area contributed by atoms with Crippen LogP contribution in [0, 0.1) is 0 Å². The van der Waals surface area contributed by atoms with Gasteiger partial charge >= 0.3 is 5.97 Å². The first kappa shape index (κ1) is 17.0. The van der Waals surface area contributed by atoms with Crippen molar-refractivity contribution in [2.75, 3.05) is 14.2 Å². The van der Waals surface area contributed by atoms with E-state index in [0.29, 0.717) is 4.47 Å². The summed E-state index contributed by atoms with van der Waals surface area (Å²) in [6.07, 6.45) is 1.11.